The Morgan fingerprint density at radius 3 is 2.84 bits per heavy atom. The molecule has 1 aliphatic heterocycles. The lowest BCUT2D eigenvalue weighted by molar-refractivity contribution is 0.713. The Labute approximate surface area is 121 Å². The first-order chi connectivity index (χ1) is 9.13. The zero-order valence-electron chi connectivity index (χ0n) is 11.2. The average Bonchev–Trinajstić information content (AvgIpc) is 2.38. The molecule has 0 spiro atoms. The SMILES string of the molecule is Cc1cc(N2CCc3cccc(Br)c3C2)nc(C)n1. The van der Waals surface area contributed by atoms with Gasteiger partial charge in [0.15, 0.2) is 0 Å². The molecule has 0 amide bonds. The maximum Gasteiger partial charge on any atom is 0.132 e. The summed E-state index contributed by atoms with van der Waals surface area (Å²) < 4.78 is 1.19. The van der Waals surface area contributed by atoms with Crippen molar-refractivity contribution in [2.45, 2.75) is 26.8 Å². The largest absolute Gasteiger partial charge is 0.352 e. The van der Waals surface area contributed by atoms with E-state index in [1.165, 1.54) is 15.6 Å². The minimum atomic E-state index is 0.841. The molecule has 0 radical (unpaired) electrons. The molecule has 2 aromatic rings. The monoisotopic (exact) mass is 317 g/mol. The molecule has 0 atom stereocenters. The standard InChI is InChI=1S/C15H16BrN3/c1-10-8-15(18-11(2)17-10)19-7-6-12-4-3-5-14(16)13(12)9-19/h3-5,8H,6-7,9H2,1-2H3. The number of hydrogen-bond donors (Lipinski definition) is 0. The summed E-state index contributed by atoms with van der Waals surface area (Å²) in [6.07, 6.45) is 1.07. The molecule has 98 valence electrons. The van der Waals surface area contributed by atoms with E-state index in [9.17, 15) is 0 Å². The van der Waals surface area contributed by atoms with Crippen LogP contribution in [0.2, 0.25) is 0 Å². The molecule has 2 heterocycles. The fourth-order valence-electron chi connectivity index (χ4n) is 2.59. The zero-order valence-corrected chi connectivity index (χ0v) is 12.7. The van der Waals surface area contributed by atoms with Gasteiger partial charge in [0, 0.05) is 29.3 Å². The minimum absolute atomic E-state index is 0.841. The molecule has 3 nitrogen and oxygen atoms in total. The van der Waals surface area contributed by atoms with Crippen molar-refractivity contribution in [1.82, 2.24) is 9.97 Å². The topological polar surface area (TPSA) is 29.0 Å². The predicted molar refractivity (Wildman–Crippen MR) is 80.4 cm³/mol. The van der Waals surface area contributed by atoms with Gasteiger partial charge in [-0.25, -0.2) is 9.97 Å². The Kier molecular flexibility index (Phi) is 3.27. The van der Waals surface area contributed by atoms with E-state index in [0.29, 0.717) is 0 Å². The fraction of sp³-hybridized carbons (Fsp3) is 0.333. The molecular weight excluding hydrogens is 302 g/mol. The van der Waals surface area contributed by atoms with Crippen molar-refractivity contribution in [3.8, 4) is 0 Å². The molecule has 0 N–H and O–H groups in total. The van der Waals surface area contributed by atoms with Crippen LogP contribution in [0.5, 0.6) is 0 Å². The number of nitrogens with zero attached hydrogens (tertiary/aromatic N) is 3. The molecule has 0 saturated carbocycles. The first kappa shape index (κ1) is 12.6. The van der Waals surface area contributed by atoms with Crippen molar-refractivity contribution >= 4 is 21.7 Å². The highest BCUT2D eigenvalue weighted by Gasteiger charge is 2.19. The number of aryl methyl sites for hydroxylation is 2. The maximum atomic E-state index is 4.56. The molecule has 4 heteroatoms. The second-order valence-corrected chi connectivity index (χ2v) is 5.82. The highest BCUT2D eigenvalue weighted by molar-refractivity contribution is 9.10. The third-order valence-electron chi connectivity index (χ3n) is 3.49. The van der Waals surface area contributed by atoms with Crippen molar-refractivity contribution in [3.05, 3.63) is 51.4 Å². The normalized spacial score (nSPS) is 14.4. The van der Waals surface area contributed by atoms with Crippen LogP contribution in [0.25, 0.3) is 0 Å². The zero-order chi connectivity index (χ0) is 13.4. The summed E-state index contributed by atoms with van der Waals surface area (Å²) in [5.74, 6) is 1.87. The van der Waals surface area contributed by atoms with Crippen molar-refractivity contribution in [2.24, 2.45) is 0 Å². The number of hydrogen-bond acceptors (Lipinski definition) is 3. The van der Waals surface area contributed by atoms with E-state index < -0.39 is 0 Å². The van der Waals surface area contributed by atoms with Crippen molar-refractivity contribution in [1.29, 1.82) is 0 Å². The lowest BCUT2D eigenvalue weighted by Crippen LogP contribution is -2.31. The summed E-state index contributed by atoms with van der Waals surface area (Å²) in [5.41, 5.74) is 3.84. The van der Waals surface area contributed by atoms with E-state index in [2.05, 4.69) is 55.1 Å². The molecule has 1 aromatic carbocycles. The number of halogens is 1. The summed E-state index contributed by atoms with van der Waals surface area (Å²) in [7, 11) is 0. The predicted octanol–water partition coefficient (Wildman–Crippen LogP) is 3.42. The second kappa shape index (κ2) is 4.93. The van der Waals surface area contributed by atoms with Crippen LogP contribution in [0.4, 0.5) is 5.82 Å². The van der Waals surface area contributed by atoms with Gasteiger partial charge in [-0.15, -0.1) is 0 Å². The first-order valence-corrected chi connectivity index (χ1v) is 7.26. The van der Waals surface area contributed by atoms with Gasteiger partial charge >= 0.3 is 0 Å². The molecule has 0 bridgehead atoms. The van der Waals surface area contributed by atoms with Crippen LogP contribution in [-0.4, -0.2) is 16.5 Å². The van der Waals surface area contributed by atoms with E-state index in [0.717, 1.165) is 36.8 Å². The van der Waals surface area contributed by atoms with Crippen LogP contribution < -0.4 is 4.90 Å². The Morgan fingerprint density at radius 1 is 1.21 bits per heavy atom. The number of fused-ring (bicyclic) bond motifs is 1. The summed E-state index contributed by atoms with van der Waals surface area (Å²) in [6.45, 7) is 5.89. The molecule has 19 heavy (non-hydrogen) atoms. The van der Waals surface area contributed by atoms with Crippen LogP contribution in [0.1, 0.15) is 22.6 Å². The molecule has 0 aliphatic carbocycles. The number of rotatable bonds is 1. The number of benzene rings is 1. The van der Waals surface area contributed by atoms with Crippen molar-refractivity contribution < 1.29 is 0 Å². The molecule has 1 aliphatic rings. The number of anilines is 1. The lowest BCUT2D eigenvalue weighted by Gasteiger charge is -2.30. The van der Waals surface area contributed by atoms with Gasteiger partial charge in [0.1, 0.15) is 11.6 Å². The number of aromatic nitrogens is 2. The van der Waals surface area contributed by atoms with Gasteiger partial charge in [0.05, 0.1) is 0 Å². The fourth-order valence-corrected chi connectivity index (χ4v) is 3.13. The Balaban J connectivity index is 1.95. The van der Waals surface area contributed by atoms with Crippen molar-refractivity contribution in [2.75, 3.05) is 11.4 Å². The van der Waals surface area contributed by atoms with E-state index in [-0.39, 0.29) is 0 Å². The van der Waals surface area contributed by atoms with Crippen LogP contribution in [-0.2, 0) is 13.0 Å². The molecule has 3 rings (SSSR count). The molecule has 0 saturated heterocycles. The van der Waals surface area contributed by atoms with E-state index in [1.807, 2.05) is 13.8 Å². The molecular formula is C15H16BrN3. The van der Waals surface area contributed by atoms with E-state index in [4.69, 9.17) is 0 Å². The Morgan fingerprint density at radius 2 is 2.05 bits per heavy atom. The Bertz CT molecular complexity index is 605. The lowest BCUT2D eigenvalue weighted by atomic mass is 10.00. The van der Waals surface area contributed by atoms with E-state index in [1.54, 1.807) is 0 Å². The van der Waals surface area contributed by atoms with Gasteiger partial charge in [-0.3, -0.25) is 0 Å². The second-order valence-electron chi connectivity index (χ2n) is 4.96. The van der Waals surface area contributed by atoms with Crippen LogP contribution in [0.3, 0.4) is 0 Å². The average molecular weight is 318 g/mol. The Hall–Kier alpha value is -1.42. The summed E-state index contributed by atoms with van der Waals surface area (Å²) in [6, 6.07) is 8.50. The molecule has 0 unspecified atom stereocenters. The maximum absolute atomic E-state index is 4.56. The summed E-state index contributed by atoms with van der Waals surface area (Å²) in [5, 5.41) is 0. The van der Waals surface area contributed by atoms with Gasteiger partial charge in [-0.1, -0.05) is 28.1 Å². The summed E-state index contributed by atoms with van der Waals surface area (Å²) in [4.78, 5) is 11.2. The third kappa shape index (κ3) is 2.50. The smallest absolute Gasteiger partial charge is 0.132 e. The van der Waals surface area contributed by atoms with E-state index >= 15 is 0 Å². The van der Waals surface area contributed by atoms with Gasteiger partial charge in [-0.2, -0.15) is 0 Å². The summed E-state index contributed by atoms with van der Waals surface area (Å²) >= 11 is 3.65. The van der Waals surface area contributed by atoms with Crippen LogP contribution >= 0.6 is 15.9 Å². The highest BCUT2D eigenvalue weighted by atomic mass is 79.9. The van der Waals surface area contributed by atoms with Gasteiger partial charge < -0.3 is 4.90 Å². The third-order valence-corrected chi connectivity index (χ3v) is 4.24. The first-order valence-electron chi connectivity index (χ1n) is 6.47. The van der Waals surface area contributed by atoms with Gasteiger partial charge in [0.25, 0.3) is 0 Å². The van der Waals surface area contributed by atoms with Crippen LogP contribution in [0, 0.1) is 13.8 Å². The van der Waals surface area contributed by atoms with Crippen molar-refractivity contribution in [3.63, 3.8) is 0 Å². The van der Waals surface area contributed by atoms with Gasteiger partial charge in [0.2, 0.25) is 0 Å². The molecule has 0 fully saturated rings. The minimum Gasteiger partial charge on any atom is -0.352 e. The molecule has 1 aromatic heterocycles. The highest BCUT2D eigenvalue weighted by Crippen LogP contribution is 2.28. The van der Waals surface area contributed by atoms with Crippen LogP contribution in [0.15, 0.2) is 28.7 Å². The van der Waals surface area contributed by atoms with Gasteiger partial charge in [-0.05, 0) is 37.5 Å². The quantitative estimate of drug-likeness (QED) is 0.807.